The molecule has 2 rings (SSSR count). The number of urea groups is 1. The summed E-state index contributed by atoms with van der Waals surface area (Å²) in [5.74, 6) is 0. The van der Waals surface area contributed by atoms with Crippen LogP contribution in [-0.2, 0) is 4.74 Å². The number of hydrogen-bond donors (Lipinski definition) is 0. The number of carbonyl (C=O) groups is 1. The Morgan fingerprint density at radius 3 is 2.55 bits per heavy atom. The van der Waals surface area contributed by atoms with Crippen LogP contribution in [0.15, 0.2) is 40.5 Å². The molecule has 1 aromatic carbocycles. The van der Waals surface area contributed by atoms with Gasteiger partial charge in [0.25, 0.3) is 0 Å². The van der Waals surface area contributed by atoms with E-state index in [9.17, 15) is 4.79 Å². The van der Waals surface area contributed by atoms with Gasteiger partial charge in [-0.1, -0.05) is 41.9 Å². The zero-order valence-electron chi connectivity index (χ0n) is 13.0. The topological polar surface area (TPSA) is 45.1 Å². The molecule has 1 aromatic rings. The minimum absolute atomic E-state index is 0.230. The summed E-state index contributed by atoms with van der Waals surface area (Å²) < 4.78 is 5.56. The molecule has 0 bridgehead atoms. The number of rotatable bonds is 3. The number of carbonyl (C=O) groups excluding carboxylic acids is 1. The van der Waals surface area contributed by atoms with Crippen LogP contribution in [0.1, 0.15) is 19.4 Å². The molecule has 22 heavy (non-hydrogen) atoms. The zero-order valence-corrected chi connectivity index (χ0v) is 13.8. The first-order chi connectivity index (χ1) is 10.4. The van der Waals surface area contributed by atoms with E-state index in [2.05, 4.69) is 11.7 Å². The number of aliphatic imine (C=N–C) groups is 1. The molecule has 0 N–H and O–H groups in total. The van der Waals surface area contributed by atoms with E-state index in [4.69, 9.17) is 16.3 Å². The van der Waals surface area contributed by atoms with Crippen molar-refractivity contribution in [1.29, 1.82) is 0 Å². The van der Waals surface area contributed by atoms with Crippen molar-refractivity contribution in [1.82, 2.24) is 9.80 Å². The van der Waals surface area contributed by atoms with Gasteiger partial charge in [-0.2, -0.15) is 0 Å². The first kappa shape index (κ1) is 16.5. The van der Waals surface area contributed by atoms with E-state index < -0.39 is 5.72 Å². The summed E-state index contributed by atoms with van der Waals surface area (Å²) in [5.41, 5.74) is 0.631. The van der Waals surface area contributed by atoms with Crippen LogP contribution >= 0.6 is 11.6 Å². The average Bonchev–Trinajstić information content (AvgIpc) is 2.87. The second-order valence-electron chi connectivity index (χ2n) is 5.45. The second-order valence-corrected chi connectivity index (χ2v) is 5.81. The fraction of sp³-hybridized carbons (Fsp3) is 0.375. The largest absolute Gasteiger partial charge is 0.354 e. The van der Waals surface area contributed by atoms with Crippen LogP contribution in [0, 0.1) is 0 Å². The molecule has 6 heteroatoms. The van der Waals surface area contributed by atoms with Crippen LogP contribution < -0.4 is 0 Å². The molecule has 1 saturated heterocycles. The van der Waals surface area contributed by atoms with E-state index in [1.807, 2.05) is 44.2 Å². The van der Waals surface area contributed by atoms with Crippen LogP contribution in [-0.4, -0.2) is 48.5 Å². The highest BCUT2D eigenvalue weighted by Crippen LogP contribution is 2.28. The van der Waals surface area contributed by atoms with Gasteiger partial charge in [-0.05, 0) is 20.6 Å². The Labute approximate surface area is 135 Å². The van der Waals surface area contributed by atoms with Crippen molar-refractivity contribution in [3.63, 3.8) is 0 Å². The smallest absolute Gasteiger partial charge is 0.327 e. The first-order valence-corrected chi connectivity index (χ1v) is 7.37. The monoisotopic (exact) mass is 321 g/mol. The summed E-state index contributed by atoms with van der Waals surface area (Å²) >= 11 is 6.38. The third-order valence-corrected chi connectivity index (χ3v) is 4.07. The van der Waals surface area contributed by atoms with Crippen molar-refractivity contribution in [3.8, 4) is 0 Å². The van der Waals surface area contributed by atoms with Gasteiger partial charge in [-0.25, -0.2) is 4.79 Å². The Kier molecular flexibility index (Phi) is 4.88. The maximum atomic E-state index is 12.6. The normalized spacial score (nSPS) is 17.9. The van der Waals surface area contributed by atoms with Gasteiger partial charge in [0, 0.05) is 19.2 Å². The molecule has 2 amide bonds. The standard InChI is InChI=1S/C16H20ClN3O2/c1-16(2)20(10-11-22-16)15(21)19(4)14(17)13(18-3)12-8-6-5-7-9-12/h5-9H,3,10-11H2,1-2,4H3. The van der Waals surface area contributed by atoms with E-state index in [1.165, 1.54) is 4.90 Å². The SMILES string of the molecule is C=NC(=C(Cl)N(C)C(=O)N1CCOC1(C)C)c1ccccc1. The highest BCUT2D eigenvalue weighted by Gasteiger charge is 2.38. The lowest BCUT2D eigenvalue weighted by atomic mass is 10.2. The van der Waals surface area contributed by atoms with Crippen molar-refractivity contribution < 1.29 is 9.53 Å². The number of nitrogens with zero attached hydrogens (tertiary/aromatic N) is 3. The van der Waals surface area contributed by atoms with Gasteiger partial charge < -0.3 is 4.74 Å². The molecular weight excluding hydrogens is 302 g/mol. The predicted molar refractivity (Wildman–Crippen MR) is 88.7 cm³/mol. The molecule has 1 aliphatic heterocycles. The summed E-state index contributed by atoms with van der Waals surface area (Å²) in [6.07, 6.45) is 0. The average molecular weight is 322 g/mol. The van der Waals surface area contributed by atoms with E-state index in [1.54, 1.807) is 11.9 Å². The summed E-state index contributed by atoms with van der Waals surface area (Å²) in [7, 11) is 1.62. The molecule has 0 spiro atoms. The van der Waals surface area contributed by atoms with Gasteiger partial charge >= 0.3 is 6.03 Å². The minimum Gasteiger partial charge on any atom is -0.354 e. The van der Waals surface area contributed by atoms with Gasteiger partial charge in [0.15, 0.2) is 0 Å². The third-order valence-electron chi connectivity index (χ3n) is 3.63. The van der Waals surface area contributed by atoms with E-state index in [0.29, 0.717) is 18.8 Å². The molecule has 1 aliphatic rings. The summed E-state index contributed by atoms with van der Waals surface area (Å²) in [6, 6.07) is 9.16. The van der Waals surface area contributed by atoms with E-state index in [0.717, 1.165) is 5.56 Å². The molecule has 0 unspecified atom stereocenters. The van der Waals surface area contributed by atoms with Crippen molar-refractivity contribution >= 4 is 30.0 Å². The van der Waals surface area contributed by atoms with Crippen LogP contribution in [0.4, 0.5) is 4.79 Å². The third kappa shape index (κ3) is 3.15. The maximum Gasteiger partial charge on any atom is 0.327 e. The number of hydrogen-bond acceptors (Lipinski definition) is 3. The molecule has 118 valence electrons. The maximum absolute atomic E-state index is 12.6. The van der Waals surface area contributed by atoms with Gasteiger partial charge in [-0.3, -0.25) is 14.8 Å². The van der Waals surface area contributed by atoms with Crippen molar-refractivity contribution in [3.05, 3.63) is 41.1 Å². The van der Waals surface area contributed by atoms with Gasteiger partial charge in [0.2, 0.25) is 0 Å². The van der Waals surface area contributed by atoms with E-state index in [-0.39, 0.29) is 11.2 Å². The number of amides is 2. The van der Waals surface area contributed by atoms with Crippen molar-refractivity contribution in [2.24, 2.45) is 4.99 Å². The molecule has 1 fully saturated rings. The summed E-state index contributed by atoms with van der Waals surface area (Å²) in [6.45, 7) is 8.31. The second kappa shape index (κ2) is 6.50. The molecule has 0 saturated carbocycles. The highest BCUT2D eigenvalue weighted by molar-refractivity contribution is 6.33. The molecule has 5 nitrogen and oxygen atoms in total. The molecule has 0 aromatic heterocycles. The lowest BCUT2D eigenvalue weighted by Gasteiger charge is -2.33. The molecule has 0 atom stereocenters. The van der Waals surface area contributed by atoms with Crippen molar-refractivity contribution in [2.45, 2.75) is 19.6 Å². The van der Waals surface area contributed by atoms with Gasteiger partial charge in [0.05, 0.1) is 6.61 Å². The summed E-state index contributed by atoms with van der Waals surface area (Å²) in [5, 5.41) is 0.230. The number of benzene rings is 1. The Morgan fingerprint density at radius 2 is 2.05 bits per heavy atom. The van der Waals surface area contributed by atoms with Gasteiger partial charge in [0.1, 0.15) is 16.6 Å². The van der Waals surface area contributed by atoms with Crippen molar-refractivity contribution in [2.75, 3.05) is 20.2 Å². The quantitative estimate of drug-likeness (QED) is 0.633. The fourth-order valence-electron chi connectivity index (χ4n) is 2.36. The molecule has 0 aliphatic carbocycles. The number of ether oxygens (including phenoxy) is 1. The van der Waals surface area contributed by atoms with Gasteiger partial charge in [-0.15, -0.1) is 0 Å². The molecule has 0 radical (unpaired) electrons. The minimum atomic E-state index is -0.642. The number of halogens is 1. The Bertz CT molecular complexity index is 599. The lowest BCUT2D eigenvalue weighted by Crippen LogP contribution is -2.48. The Balaban J connectivity index is 2.30. The van der Waals surface area contributed by atoms with Crippen LogP contribution in [0.5, 0.6) is 0 Å². The first-order valence-electron chi connectivity index (χ1n) is 6.99. The Morgan fingerprint density at radius 1 is 1.41 bits per heavy atom. The summed E-state index contributed by atoms with van der Waals surface area (Å²) in [4.78, 5) is 19.6. The Hall–Kier alpha value is -1.85. The highest BCUT2D eigenvalue weighted by atomic mass is 35.5. The van der Waals surface area contributed by atoms with Crippen LogP contribution in [0.25, 0.3) is 5.70 Å². The zero-order chi connectivity index (χ0) is 16.3. The molecular formula is C16H20ClN3O2. The molecule has 1 heterocycles. The van der Waals surface area contributed by atoms with Crippen LogP contribution in [0.2, 0.25) is 0 Å². The predicted octanol–water partition coefficient (Wildman–Crippen LogP) is 3.37. The van der Waals surface area contributed by atoms with E-state index >= 15 is 0 Å². The lowest BCUT2D eigenvalue weighted by molar-refractivity contribution is -0.0341. The fourth-order valence-corrected chi connectivity index (χ4v) is 2.60. The van der Waals surface area contributed by atoms with Crippen LogP contribution in [0.3, 0.4) is 0 Å².